The number of hydrogen-bond donors (Lipinski definition) is 0. The van der Waals surface area contributed by atoms with Gasteiger partial charge < -0.3 is 0 Å². The van der Waals surface area contributed by atoms with Gasteiger partial charge in [0.2, 0.25) is 0 Å². The van der Waals surface area contributed by atoms with E-state index in [1.807, 2.05) is 27.7 Å². The van der Waals surface area contributed by atoms with Crippen molar-refractivity contribution in [2.45, 2.75) is 39.2 Å². The molecule has 0 radical (unpaired) electrons. The number of nitriles is 1. The van der Waals surface area contributed by atoms with Crippen LogP contribution in [0.1, 0.15) is 39.6 Å². The van der Waals surface area contributed by atoms with Crippen molar-refractivity contribution in [3.8, 4) is 6.07 Å². The Labute approximate surface area is 78.2 Å². The molecule has 0 aliphatic carbocycles. The summed E-state index contributed by atoms with van der Waals surface area (Å²) in [5, 5.41) is 13.0. The molecule has 1 aromatic heterocycles. The van der Waals surface area contributed by atoms with E-state index in [1.165, 1.54) is 6.33 Å². The maximum atomic E-state index is 8.94. The van der Waals surface area contributed by atoms with Gasteiger partial charge in [0.15, 0.2) is 0 Å². The van der Waals surface area contributed by atoms with Gasteiger partial charge in [0.25, 0.3) is 0 Å². The van der Waals surface area contributed by atoms with E-state index in [1.54, 1.807) is 4.68 Å². The van der Waals surface area contributed by atoms with Gasteiger partial charge in [-0.1, -0.05) is 0 Å². The standard InChI is InChI=1S/C9H14N4/c1-7(2)13-8(11-6-12-13)9(3,4)5-10/h6-7H,1-4H3. The third-order valence-electron chi connectivity index (χ3n) is 1.90. The molecule has 4 nitrogen and oxygen atoms in total. The SMILES string of the molecule is CC(C)n1ncnc1C(C)(C)C#N. The Balaban J connectivity index is 3.16. The fourth-order valence-corrected chi connectivity index (χ4v) is 1.13. The Hall–Kier alpha value is -1.37. The van der Waals surface area contributed by atoms with Gasteiger partial charge >= 0.3 is 0 Å². The molecule has 0 unspecified atom stereocenters. The second kappa shape index (κ2) is 3.17. The monoisotopic (exact) mass is 178 g/mol. The summed E-state index contributed by atoms with van der Waals surface area (Å²) >= 11 is 0. The van der Waals surface area contributed by atoms with Crippen LogP contribution in [0.3, 0.4) is 0 Å². The minimum Gasteiger partial charge on any atom is -0.246 e. The van der Waals surface area contributed by atoms with E-state index in [4.69, 9.17) is 5.26 Å². The van der Waals surface area contributed by atoms with E-state index in [9.17, 15) is 0 Å². The fourth-order valence-electron chi connectivity index (χ4n) is 1.13. The van der Waals surface area contributed by atoms with E-state index in [0.29, 0.717) is 0 Å². The lowest BCUT2D eigenvalue weighted by molar-refractivity contribution is 0.464. The van der Waals surface area contributed by atoms with Gasteiger partial charge in [-0.2, -0.15) is 10.4 Å². The number of aromatic nitrogens is 3. The summed E-state index contributed by atoms with van der Waals surface area (Å²) in [6.07, 6.45) is 1.49. The molecular formula is C9H14N4. The zero-order valence-electron chi connectivity index (χ0n) is 8.44. The Morgan fingerprint density at radius 2 is 2.15 bits per heavy atom. The Bertz CT molecular complexity index is 330. The van der Waals surface area contributed by atoms with Gasteiger partial charge in [-0.25, -0.2) is 9.67 Å². The average Bonchev–Trinajstić information content (AvgIpc) is 2.52. The van der Waals surface area contributed by atoms with E-state index < -0.39 is 5.41 Å². The normalized spacial score (nSPS) is 11.7. The first-order valence-electron chi connectivity index (χ1n) is 4.30. The molecule has 0 spiro atoms. The predicted molar refractivity (Wildman–Crippen MR) is 49.0 cm³/mol. The lowest BCUT2D eigenvalue weighted by atomic mass is 9.94. The lowest BCUT2D eigenvalue weighted by Gasteiger charge is -2.17. The first-order chi connectivity index (χ1) is 5.99. The Kier molecular flexibility index (Phi) is 2.37. The molecule has 1 heterocycles. The van der Waals surface area contributed by atoms with E-state index in [-0.39, 0.29) is 6.04 Å². The first kappa shape index (κ1) is 9.72. The molecule has 4 heteroatoms. The molecule has 0 fully saturated rings. The van der Waals surface area contributed by atoms with Crippen molar-refractivity contribution in [2.24, 2.45) is 0 Å². The van der Waals surface area contributed by atoms with Gasteiger partial charge in [-0.05, 0) is 27.7 Å². The Morgan fingerprint density at radius 1 is 1.54 bits per heavy atom. The maximum Gasteiger partial charge on any atom is 0.146 e. The van der Waals surface area contributed by atoms with Crippen LogP contribution in [0.15, 0.2) is 6.33 Å². The van der Waals surface area contributed by atoms with Crippen molar-refractivity contribution in [2.75, 3.05) is 0 Å². The van der Waals surface area contributed by atoms with Crippen LogP contribution in [0.5, 0.6) is 0 Å². The van der Waals surface area contributed by atoms with E-state index in [0.717, 1.165) is 5.82 Å². The summed E-state index contributed by atoms with van der Waals surface area (Å²) < 4.78 is 1.78. The van der Waals surface area contributed by atoms with Crippen LogP contribution in [0.2, 0.25) is 0 Å². The molecule has 0 amide bonds. The average molecular weight is 178 g/mol. The van der Waals surface area contributed by atoms with Crippen LogP contribution < -0.4 is 0 Å². The van der Waals surface area contributed by atoms with Crippen LogP contribution in [0.25, 0.3) is 0 Å². The quantitative estimate of drug-likeness (QED) is 0.692. The van der Waals surface area contributed by atoms with Crippen molar-refractivity contribution in [1.82, 2.24) is 14.8 Å². The van der Waals surface area contributed by atoms with Crippen LogP contribution in [-0.2, 0) is 5.41 Å². The van der Waals surface area contributed by atoms with Crippen LogP contribution in [-0.4, -0.2) is 14.8 Å². The highest BCUT2D eigenvalue weighted by Crippen LogP contribution is 2.21. The smallest absolute Gasteiger partial charge is 0.146 e. The van der Waals surface area contributed by atoms with Crippen molar-refractivity contribution >= 4 is 0 Å². The number of nitrogens with zero attached hydrogens (tertiary/aromatic N) is 4. The summed E-state index contributed by atoms with van der Waals surface area (Å²) in [6.45, 7) is 7.73. The summed E-state index contributed by atoms with van der Waals surface area (Å²) in [4.78, 5) is 4.11. The summed E-state index contributed by atoms with van der Waals surface area (Å²) in [7, 11) is 0. The lowest BCUT2D eigenvalue weighted by Crippen LogP contribution is -2.22. The minimum absolute atomic E-state index is 0.241. The highest BCUT2D eigenvalue weighted by atomic mass is 15.3. The van der Waals surface area contributed by atoms with Crippen molar-refractivity contribution < 1.29 is 0 Å². The zero-order valence-corrected chi connectivity index (χ0v) is 8.44. The fraction of sp³-hybridized carbons (Fsp3) is 0.667. The molecule has 0 N–H and O–H groups in total. The molecule has 1 rings (SSSR count). The van der Waals surface area contributed by atoms with Gasteiger partial charge in [-0.15, -0.1) is 0 Å². The maximum absolute atomic E-state index is 8.94. The summed E-state index contributed by atoms with van der Waals surface area (Å²) in [6, 6.07) is 2.46. The Morgan fingerprint density at radius 3 is 2.62 bits per heavy atom. The topological polar surface area (TPSA) is 54.5 Å². The summed E-state index contributed by atoms with van der Waals surface area (Å²) in [5.74, 6) is 0.727. The first-order valence-corrected chi connectivity index (χ1v) is 4.30. The molecule has 13 heavy (non-hydrogen) atoms. The zero-order chi connectivity index (χ0) is 10.1. The van der Waals surface area contributed by atoms with Crippen molar-refractivity contribution in [3.05, 3.63) is 12.2 Å². The van der Waals surface area contributed by atoms with Gasteiger partial charge in [0.05, 0.1) is 6.07 Å². The second-order valence-corrected chi connectivity index (χ2v) is 3.86. The predicted octanol–water partition coefficient (Wildman–Crippen LogP) is 1.66. The molecule has 0 atom stereocenters. The minimum atomic E-state index is -0.569. The largest absolute Gasteiger partial charge is 0.246 e. The van der Waals surface area contributed by atoms with Crippen LogP contribution in [0, 0.1) is 11.3 Å². The molecule has 0 aliphatic rings. The third kappa shape index (κ3) is 1.69. The highest BCUT2D eigenvalue weighted by molar-refractivity contribution is 5.16. The molecule has 0 aliphatic heterocycles. The van der Waals surface area contributed by atoms with Crippen molar-refractivity contribution in [1.29, 1.82) is 5.26 Å². The van der Waals surface area contributed by atoms with Gasteiger partial charge in [0.1, 0.15) is 17.6 Å². The number of hydrogen-bond acceptors (Lipinski definition) is 3. The van der Waals surface area contributed by atoms with Gasteiger partial charge in [0, 0.05) is 6.04 Å². The molecule has 0 bridgehead atoms. The molecule has 1 aromatic rings. The second-order valence-electron chi connectivity index (χ2n) is 3.86. The van der Waals surface area contributed by atoms with E-state index in [2.05, 4.69) is 16.2 Å². The molecular weight excluding hydrogens is 164 g/mol. The molecule has 0 saturated carbocycles. The summed E-state index contributed by atoms with van der Waals surface area (Å²) in [5.41, 5.74) is -0.569. The van der Waals surface area contributed by atoms with Crippen molar-refractivity contribution in [3.63, 3.8) is 0 Å². The van der Waals surface area contributed by atoms with Gasteiger partial charge in [-0.3, -0.25) is 0 Å². The molecule has 70 valence electrons. The molecule has 0 saturated heterocycles. The highest BCUT2D eigenvalue weighted by Gasteiger charge is 2.26. The van der Waals surface area contributed by atoms with E-state index >= 15 is 0 Å². The third-order valence-corrected chi connectivity index (χ3v) is 1.90. The number of rotatable bonds is 2. The van der Waals surface area contributed by atoms with Crippen LogP contribution in [0.4, 0.5) is 0 Å². The van der Waals surface area contributed by atoms with Crippen LogP contribution >= 0.6 is 0 Å². The molecule has 0 aromatic carbocycles.